The van der Waals surface area contributed by atoms with E-state index in [1.807, 2.05) is 26.0 Å². The third kappa shape index (κ3) is 19.3. The first-order valence-electron chi connectivity index (χ1n) is 16.4. The number of amides is 5. The molecule has 0 aliphatic carbocycles. The third-order valence-electron chi connectivity index (χ3n) is 6.78. The number of hydrogen-bond donors (Lipinski definition) is 7. The molecule has 15 heteroatoms. The molecule has 0 radical (unpaired) electrons. The van der Waals surface area contributed by atoms with Crippen molar-refractivity contribution in [2.75, 3.05) is 43.0 Å². The molecule has 1 unspecified atom stereocenters. The lowest BCUT2D eigenvalue weighted by Gasteiger charge is -2.21. The van der Waals surface area contributed by atoms with E-state index in [0.29, 0.717) is 55.9 Å². The van der Waals surface area contributed by atoms with Crippen LogP contribution >= 0.6 is 23.5 Å². The lowest BCUT2D eigenvalue weighted by atomic mass is 10.0. The molecule has 2 atom stereocenters. The molecule has 1 aromatic rings. The summed E-state index contributed by atoms with van der Waals surface area (Å²) in [5, 5.41) is 23.8. The smallest absolute Gasteiger partial charge is 0.243 e. The Bertz CT molecular complexity index is 1180. The van der Waals surface area contributed by atoms with Crippen molar-refractivity contribution < 1.29 is 28.8 Å². The number of thioether (sulfide) groups is 2. The number of amidine groups is 1. The zero-order chi connectivity index (χ0) is 35.7. The molecule has 0 saturated heterocycles. The fraction of sp³-hybridized carbons (Fsp3) is 0.606. The van der Waals surface area contributed by atoms with Gasteiger partial charge in [-0.15, -0.1) is 11.8 Å². The molecule has 0 bridgehead atoms. The van der Waals surface area contributed by atoms with E-state index in [1.165, 1.54) is 11.8 Å². The van der Waals surface area contributed by atoms with Gasteiger partial charge in [0.15, 0.2) is 0 Å². The van der Waals surface area contributed by atoms with Gasteiger partial charge in [0.1, 0.15) is 12.3 Å². The van der Waals surface area contributed by atoms with Crippen molar-refractivity contribution >= 4 is 70.9 Å². The molecule has 1 rings (SSSR count). The second kappa shape index (κ2) is 25.4. The molecule has 0 fully saturated rings. The van der Waals surface area contributed by atoms with E-state index < -0.39 is 23.1 Å². The summed E-state index contributed by atoms with van der Waals surface area (Å²) < 4.78 is 0. The van der Waals surface area contributed by atoms with Crippen LogP contribution in [0.15, 0.2) is 24.3 Å². The van der Waals surface area contributed by atoms with E-state index in [1.54, 1.807) is 37.7 Å². The highest BCUT2D eigenvalue weighted by molar-refractivity contribution is 8.00. The van der Waals surface area contributed by atoms with Gasteiger partial charge in [-0.25, -0.2) is 0 Å². The SMILES string of the molecule is CCCNC(=O)CCSCc1ccc(NC(=O)CNC(=O)[C@@H](NC(=O)CCCNC(=O)C(CC=O)SCCC(=N)NCC)C(C)C)cc1. The van der Waals surface area contributed by atoms with Crippen molar-refractivity contribution in [1.29, 1.82) is 5.41 Å². The zero-order valence-electron chi connectivity index (χ0n) is 28.6. The highest BCUT2D eigenvalue weighted by atomic mass is 32.2. The Morgan fingerprint density at radius 1 is 0.833 bits per heavy atom. The van der Waals surface area contributed by atoms with Crippen LogP contribution in [0.2, 0.25) is 0 Å². The number of benzene rings is 1. The van der Waals surface area contributed by atoms with Gasteiger partial charge < -0.3 is 36.7 Å². The van der Waals surface area contributed by atoms with Gasteiger partial charge in [0, 0.05) is 68.3 Å². The molecule has 0 aromatic heterocycles. The van der Waals surface area contributed by atoms with Crippen LogP contribution < -0.4 is 31.9 Å². The van der Waals surface area contributed by atoms with Crippen molar-refractivity contribution in [3.63, 3.8) is 0 Å². The van der Waals surface area contributed by atoms with Crippen molar-refractivity contribution in [2.24, 2.45) is 5.92 Å². The average molecular weight is 708 g/mol. The summed E-state index contributed by atoms with van der Waals surface area (Å²) in [6, 6.07) is 6.52. The molecule has 0 aliphatic heterocycles. The van der Waals surface area contributed by atoms with E-state index in [2.05, 4.69) is 31.9 Å². The predicted octanol–water partition coefficient (Wildman–Crippen LogP) is 2.60. The molecule has 268 valence electrons. The van der Waals surface area contributed by atoms with Crippen molar-refractivity contribution in [3.05, 3.63) is 29.8 Å². The Balaban J connectivity index is 2.40. The third-order valence-corrected chi connectivity index (χ3v) is 9.06. The van der Waals surface area contributed by atoms with Crippen LogP contribution in [-0.4, -0.2) is 90.6 Å². The maximum absolute atomic E-state index is 12.8. The largest absolute Gasteiger partial charge is 0.374 e. The fourth-order valence-corrected chi connectivity index (χ4v) is 6.13. The van der Waals surface area contributed by atoms with Gasteiger partial charge >= 0.3 is 0 Å². The molecule has 0 aliphatic rings. The Morgan fingerprint density at radius 2 is 1.56 bits per heavy atom. The Labute approximate surface area is 292 Å². The molecule has 13 nitrogen and oxygen atoms in total. The standard InChI is InChI=1S/C33H53N7O6S2/c1-5-16-36-28(42)15-19-47-22-24-9-11-25(12-10-24)39-30(44)21-38-33(46)31(23(3)4)40-29(43)8-7-17-37-32(45)26(13-18-41)48-20-14-27(34)35-6-2/h9-12,18,23,26,31H,5-8,13-17,19-22H2,1-4H3,(H2,34,35)(H,36,42)(H,37,45)(H,38,46)(H,39,44)(H,40,43)/t26?,31-/m0/s1. The van der Waals surface area contributed by atoms with Gasteiger partial charge in [-0.3, -0.25) is 29.4 Å². The van der Waals surface area contributed by atoms with Crippen LogP contribution in [-0.2, 0) is 34.5 Å². The molecular weight excluding hydrogens is 655 g/mol. The van der Waals surface area contributed by atoms with Crippen LogP contribution in [0.4, 0.5) is 5.69 Å². The molecule has 7 N–H and O–H groups in total. The van der Waals surface area contributed by atoms with Crippen LogP contribution in [0.3, 0.4) is 0 Å². The minimum Gasteiger partial charge on any atom is -0.374 e. The van der Waals surface area contributed by atoms with Crippen molar-refractivity contribution in [2.45, 2.75) is 83.3 Å². The molecule has 1 aromatic carbocycles. The summed E-state index contributed by atoms with van der Waals surface area (Å²) in [5.41, 5.74) is 1.65. The highest BCUT2D eigenvalue weighted by Crippen LogP contribution is 2.17. The Hall–Kier alpha value is -3.59. The quantitative estimate of drug-likeness (QED) is 0.0346. The van der Waals surface area contributed by atoms with Crippen LogP contribution in [0.5, 0.6) is 0 Å². The van der Waals surface area contributed by atoms with Crippen LogP contribution in [0.25, 0.3) is 0 Å². The number of carbonyl (C=O) groups excluding carboxylic acids is 6. The molecule has 5 amide bonds. The van der Waals surface area contributed by atoms with Gasteiger partial charge in [-0.1, -0.05) is 32.9 Å². The lowest BCUT2D eigenvalue weighted by molar-refractivity contribution is -0.130. The highest BCUT2D eigenvalue weighted by Gasteiger charge is 2.24. The second-order valence-corrected chi connectivity index (χ2v) is 13.7. The van der Waals surface area contributed by atoms with Gasteiger partial charge in [0.05, 0.1) is 17.6 Å². The minimum absolute atomic E-state index is 0.0576. The number of carbonyl (C=O) groups is 6. The minimum atomic E-state index is -0.844. The maximum Gasteiger partial charge on any atom is 0.243 e. The lowest BCUT2D eigenvalue weighted by Crippen LogP contribution is -2.51. The van der Waals surface area contributed by atoms with E-state index in [0.717, 1.165) is 23.5 Å². The maximum atomic E-state index is 12.8. The van der Waals surface area contributed by atoms with Gasteiger partial charge in [-0.05, 0) is 43.4 Å². The fourth-order valence-electron chi connectivity index (χ4n) is 4.17. The van der Waals surface area contributed by atoms with E-state index in [-0.39, 0.29) is 49.6 Å². The Kier molecular flexibility index (Phi) is 22.5. The summed E-state index contributed by atoms with van der Waals surface area (Å²) in [7, 11) is 0. The van der Waals surface area contributed by atoms with Crippen molar-refractivity contribution in [1.82, 2.24) is 26.6 Å². The Morgan fingerprint density at radius 3 is 2.21 bits per heavy atom. The van der Waals surface area contributed by atoms with E-state index in [4.69, 9.17) is 5.41 Å². The normalized spacial score (nSPS) is 11.9. The van der Waals surface area contributed by atoms with Gasteiger partial charge in [-0.2, -0.15) is 11.8 Å². The summed E-state index contributed by atoms with van der Waals surface area (Å²) in [6.45, 7) is 8.79. The zero-order valence-corrected chi connectivity index (χ0v) is 30.2. The molecule has 0 spiro atoms. The molecule has 0 heterocycles. The van der Waals surface area contributed by atoms with E-state index >= 15 is 0 Å². The monoisotopic (exact) mass is 707 g/mol. The van der Waals surface area contributed by atoms with Crippen LogP contribution in [0, 0.1) is 11.3 Å². The number of anilines is 1. The van der Waals surface area contributed by atoms with Gasteiger partial charge in [0.25, 0.3) is 0 Å². The average Bonchev–Trinajstić information content (AvgIpc) is 3.05. The number of rotatable bonds is 25. The first-order chi connectivity index (χ1) is 23.0. The van der Waals surface area contributed by atoms with Gasteiger partial charge in [0.2, 0.25) is 29.5 Å². The van der Waals surface area contributed by atoms with Crippen molar-refractivity contribution in [3.8, 4) is 0 Å². The van der Waals surface area contributed by atoms with E-state index in [9.17, 15) is 28.8 Å². The topological polar surface area (TPSA) is 198 Å². The summed E-state index contributed by atoms with van der Waals surface area (Å²) in [6.07, 6.45) is 3.02. The summed E-state index contributed by atoms with van der Waals surface area (Å²) in [5.74, 6) is 0.655. The first-order valence-corrected chi connectivity index (χ1v) is 18.6. The predicted molar refractivity (Wildman–Crippen MR) is 194 cm³/mol. The first kappa shape index (κ1) is 42.4. The summed E-state index contributed by atoms with van der Waals surface area (Å²) >= 11 is 2.97. The summed E-state index contributed by atoms with van der Waals surface area (Å²) in [4.78, 5) is 73.1. The molecular formula is C33H53N7O6S2. The van der Waals surface area contributed by atoms with Crippen LogP contribution in [0.1, 0.15) is 71.8 Å². The second-order valence-electron chi connectivity index (χ2n) is 11.3. The number of hydrogen-bond acceptors (Lipinski definition) is 9. The number of nitrogens with one attached hydrogen (secondary N) is 7. The number of aldehydes is 1. The molecule has 48 heavy (non-hydrogen) atoms. The molecule has 0 saturated carbocycles.